The van der Waals surface area contributed by atoms with Crippen molar-refractivity contribution in [3.8, 4) is 5.75 Å². The molecule has 1 aromatic carbocycles. The molecule has 0 radical (unpaired) electrons. The third-order valence-electron chi connectivity index (χ3n) is 1.34. The fraction of sp³-hybridized carbons (Fsp3) is 0.125. The molecule has 0 aromatic heterocycles. The molecule has 1 rings (SSSR count). The Morgan fingerprint density at radius 1 is 1.42 bits per heavy atom. The predicted molar refractivity (Wildman–Crippen MR) is 47.8 cm³/mol. The van der Waals surface area contributed by atoms with E-state index >= 15 is 0 Å². The van der Waals surface area contributed by atoms with Gasteiger partial charge in [-0.1, -0.05) is 0 Å². The van der Waals surface area contributed by atoms with Crippen LogP contribution in [0.3, 0.4) is 0 Å². The Morgan fingerprint density at radius 3 is 2.42 bits per heavy atom. The monoisotopic (exact) mass is 274 g/mol. The molecule has 4 heteroatoms. The van der Waals surface area contributed by atoms with Crippen LogP contribution in [0.15, 0.2) is 24.3 Å². The molecule has 64 valence electrons. The van der Waals surface area contributed by atoms with E-state index in [-0.39, 0.29) is 0 Å². The van der Waals surface area contributed by atoms with Crippen LogP contribution in [-0.4, -0.2) is 37.7 Å². The van der Waals surface area contributed by atoms with E-state index in [1.807, 2.05) is 12.1 Å². The summed E-state index contributed by atoms with van der Waals surface area (Å²) in [5.74, 6) is 0.767. The van der Waals surface area contributed by atoms with Crippen LogP contribution in [0.4, 0.5) is 4.79 Å². The number of hydrogen-bond acceptors (Lipinski definition) is 2. The summed E-state index contributed by atoms with van der Waals surface area (Å²) in [6.45, 7) is 0. The number of ether oxygens (including phenoxy) is 1. The van der Waals surface area contributed by atoms with Crippen molar-refractivity contribution in [2.45, 2.75) is 0 Å². The number of carboxylic acid groups (broad SMARTS) is 1. The van der Waals surface area contributed by atoms with Gasteiger partial charge in [0, 0.05) is 0 Å². The van der Waals surface area contributed by atoms with Crippen LogP contribution in [0, 0.1) is 0 Å². The van der Waals surface area contributed by atoms with Crippen LogP contribution < -0.4 is 8.25 Å². The molecule has 0 bridgehead atoms. The molecule has 0 saturated carbocycles. The summed E-state index contributed by atoms with van der Waals surface area (Å²) in [6.07, 6.45) is 0. The molecule has 0 unspecified atom stereocenters. The van der Waals surface area contributed by atoms with Crippen LogP contribution in [-0.2, 0) is 0 Å². The summed E-state index contributed by atoms with van der Waals surface area (Å²) in [5, 5.41) is 8.54. The zero-order valence-corrected chi connectivity index (χ0v) is 9.43. The number of carbonyl (C=O) groups is 1. The molecule has 0 saturated heterocycles. The molecule has 0 atom stereocenters. The second kappa shape index (κ2) is 4.36. The Kier molecular flexibility index (Phi) is 3.42. The van der Waals surface area contributed by atoms with Gasteiger partial charge >= 0.3 is 80.8 Å². The Labute approximate surface area is 80.9 Å². The summed E-state index contributed by atoms with van der Waals surface area (Å²) >= 11 is -1.41. The molecule has 0 fully saturated rings. The minimum absolute atomic E-state index is 0.649. The van der Waals surface area contributed by atoms with Gasteiger partial charge < -0.3 is 0 Å². The van der Waals surface area contributed by atoms with Gasteiger partial charge in [-0.3, -0.25) is 0 Å². The van der Waals surface area contributed by atoms with E-state index in [0.717, 1.165) is 9.26 Å². The number of rotatable bonds is 3. The van der Waals surface area contributed by atoms with Gasteiger partial charge in [0.1, 0.15) is 0 Å². The Bertz CT molecular complexity index is 268. The third kappa shape index (κ3) is 2.74. The van der Waals surface area contributed by atoms with Crippen molar-refractivity contribution in [3.63, 3.8) is 0 Å². The van der Waals surface area contributed by atoms with Crippen molar-refractivity contribution >= 4 is 29.0 Å². The number of methoxy groups -OCH3 is 1. The zero-order chi connectivity index (χ0) is 8.97. The van der Waals surface area contributed by atoms with Gasteiger partial charge in [0.15, 0.2) is 0 Å². The van der Waals surface area contributed by atoms with Gasteiger partial charge in [-0.15, -0.1) is 0 Å². The summed E-state index contributed by atoms with van der Waals surface area (Å²) in [7, 11) is 1.59. The fourth-order valence-corrected chi connectivity index (χ4v) is 2.45. The van der Waals surface area contributed by atoms with Crippen molar-refractivity contribution in [2.75, 3.05) is 7.11 Å². The molecule has 1 aromatic rings. The first-order valence-electron chi connectivity index (χ1n) is 3.36. The van der Waals surface area contributed by atoms with Crippen molar-refractivity contribution < 1.29 is 14.6 Å². The maximum atomic E-state index is 10.4. The van der Waals surface area contributed by atoms with Gasteiger partial charge in [0.2, 0.25) is 0 Å². The minimum atomic E-state index is -1.41. The SMILES string of the molecule is COc1cc[c]([SbH][C](=O)O)cc1. The Morgan fingerprint density at radius 2 is 2.00 bits per heavy atom. The molecule has 0 heterocycles. The van der Waals surface area contributed by atoms with Crippen LogP contribution >= 0.6 is 0 Å². The molecule has 1 N–H and O–H groups in total. The van der Waals surface area contributed by atoms with Gasteiger partial charge in [-0.2, -0.15) is 0 Å². The number of hydrogen-bond donors (Lipinski definition) is 1. The molecular formula is C8H9O3Sb. The Balaban J connectivity index is 2.71. The van der Waals surface area contributed by atoms with E-state index in [1.54, 1.807) is 19.2 Å². The molecule has 3 nitrogen and oxygen atoms in total. The van der Waals surface area contributed by atoms with Crippen LogP contribution in [0.5, 0.6) is 5.75 Å². The molecule has 0 aliphatic rings. The standard InChI is InChI=1S/C7H7O.CHO2.Sb.H/c1-8-7-5-3-2-4-6-7;2-1-3;;/h3-6H,1H3;(H,2,3);;. The van der Waals surface area contributed by atoms with Crippen LogP contribution in [0.1, 0.15) is 0 Å². The summed E-state index contributed by atoms with van der Waals surface area (Å²) in [4.78, 5) is 10.4. The molecular weight excluding hydrogens is 266 g/mol. The summed E-state index contributed by atoms with van der Waals surface area (Å²) in [5.41, 5.74) is 0. The van der Waals surface area contributed by atoms with E-state index in [9.17, 15) is 4.79 Å². The van der Waals surface area contributed by atoms with Crippen LogP contribution in [0.2, 0.25) is 0 Å². The third-order valence-corrected chi connectivity index (χ3v) is 3.73. The number of benzene rings is 1. The average Bonchev–Trinajstić information content (AvgIpc) is 2.05. The van der Waals surface area contributed by atoms with Crippen molar-refractivity contribution in [3.05, 3.63) is 24.3 Å². The average molecular weight is 275 g/mol. The topological polar surface area (TPSA) is 46.5 Å². The summed E-state index contributed by atoms with van der Waals surface area (Å²) in [6, 6.07) is 7.22. The van der Waals surface area contributed by atoms with Gasteiger partial charge in [-0.05, 0) is 0 Å². The molecule has 0 aliphatic heterocycles. The van der Waals surface area contributed by atoms with E-state index in [4.69, 9.17) is 9.84 Å². The van der Waals surface area contributed by atoms with E-state index in [2.05, 4.69) is 0 Å². The van der Waals surface area contributed by atoms with Gasteiger partial charge in [-0.25, -0.2) is 0 Å². The van der Waals surface area contributed by atoms with E-state index in [1.165, 1.54) is 0 Å². The second-order valence-electron chi connectivity index (χ2n) is 2.16. The van der Waals surface area contributed by atoms with E-state index < -0.39 is 25.5 Å². The fourth-order valence-electron chi connectivity index (χ4n) is 0.798. The molecule has 0 amide bonds. The van der Waals surface area contributed by atoms with Crippen molar-refractivity contribution in [1.82, 2.24) is 0 Å². The van der Waals surface area contributed by atoms with Crippen molar-refractivity contribution in [2.24, 2.45) is 0 Å². The first kappa shape index (κ1) is 9.40. The molecule has 0 spiro atoms. The van der Waals surface area contributed by atoms with Gasteiger partial charge in [0.05, 0.1) is 0 Å². The zero-order valence-electron chi connectivity index (χ0n) is 6.57. The second-order valence-corrected chi connectivity index (χ2v) is 5.74. The normalized spacial score (nSPS) is 9.42. The molecule has 12 heavy (non-hydrogen) atoms. The van der Waals surface area contributed by atoms with Crippen molar-refractivity contribution in [1.29, 1.82) is 0 Å². The molecule has 0 aliphatic carbocycles. The predicted octanol–water partition coefficient (Wildman–Crippen LogP) is 0.435. The summed E-state index contributed by atoms with van der Waals surface area (Å²) < 4.78 is 5.25. The maximum absolute atomic E-state index is 10.4. The van der Waals surface area contributed by atoms with Crippen LogP contribution in [0.25, 0.3) is 0 Å². The first-order chi connectivity index (χ1) is 5.72. The first-order valence-corrected chi connectivity index (χ1v) is 6.22. The van der Waals surface area contributed by atoms with Gasteiger partial charge in [0.25, 0.3) is 0 Å². The van der Waals surface area contributed by atoms with E-state index in [0.29, 0.717) is 0 Å². The quantitative estimate of drug-likeness (QED) is 0.814. The Hall–Kier alpha value is -0.692.